The minimum Gasteiger partial charge on any atom is -0.326 e. The van der Waals surface area contributed by atoms with E-state index in [0.29, 0.717) is 11.6 Å². The Bertz CT molecular complexity index is 191. The van der Waals surface area contributed by atoms with Crippen LogP contribution in [0.25, 0.3) is 0 Å². The molecule has 0 spiro atoms. The van der Waals surface area contributed by atoms with Crippen LogP contribution in [0.4, 0.5) is 0 Å². The Labute approximate surface area is 93.4 Å². The Balaban J connectivity index is 2.09. The van der Waals surface area contributed by atoms with E-state index in [-0.39, 0.29) is 0 Å². The predicted molar refractivity (Wildman–Crippen MR) is 63.9 cm³/mol. The first kappa shape index (κ1) is 11.4. The molecule has 0 aromatic carbocycles. The highest BCUT2D eigenvalue weighted by molar-refractivity contribution is 5.00. The number of rotatable bonds is 2. The van der Waals surface area contributed by atoms with Gasteiger partial charge in [-0.25, -0.2) is 0 Å². The highest BCUT2D eigenvalue weighted by atomic mass is 15.3. The summed E-state index contributed by atoms with van der Waals surface area (Å²) in [4.78, 5) is 2.66. The van der Waals surface area contributed by atoms with E-state index in [1.165, 1.54) is 45.2 Å². The molecular weight excluding hydrogens is 186 g/mol. The fraction of sp³-hybridized carbons (Fsp3) is 1.00. The van der Waals surface area contributed by atoms with Gasteiger partial charge in [-0.2, -0.15) is 0 Å². The van der Waals surface area contributed by atoms with E-state index in [9.17, 15) is 0 Å². The van der Waals surface area contributed by atoms with Gasteiger partial charge in [0.15, 0.2) is 0 Å². The van der Waals surface area contributed by atoms with Crippen molar-refractivity contribution in [3.8, 4) is 0 Å². The molecule has 0 aromatic heterocycles. The predicted octanol–water partition coefficient (Wildman–Crippen LogP) is 0.942. The van der Waals surface area contributed by atoms with Crippen LogP contribution >= 0.6 is 0 Å². The van der Waals surface area contributed by atoms with E-state index in [1.54, 1.807) is 0 Å². The Morgan fingerprint density at radius 3 is 2.27 bits per heavy atom. The van der Waals surface area contributed by atoms with Crippen LogP contribution in [0.15, 0.2) is 0 Å². The fourth-order valence-electron chi connectivity index (χ4n) is 3.33. The Morgan fingerprint density at radius 1 is 1.13 bits per heavy atom. The van der Waals surface area contributed by atoms with Crippen molar-refractivity contribution in [2.45, 2.75) is 50.6 Å². The largest absolute Gasteiger partial charge is 0.326 e. The highest BCUT2D eigenvalue weighted by Crippen LogP contribution is 2.35. The molecule has 1 saturated heterocycles. The molecule has 2 rings (SSSR count). The van der Waals surface area contributed by atoms with Gasteiger partial charge >= 0.3 is 0 Å². The van der Waals surface area contributed by atoms with Gasteiger partial charge in [0, 0.05) is 37.8 Å². The summed E-state index contributed by atoms with van der Waals surface area (Å²) < 4.78 is 0. The van der Waals surface area contributed by atoms with Gasteiger partial charge in [0.2, 0.25) is 0 Å². The summed E-state index contributed by atoms with van der Waals surface area (Å²) in [6.45, 7) is 6.83. The SMILES string of the molecule is CC(N)C1(N2CCNCC2)CCCCC1. The molecule has 0 amide bonds. The first-order chi connectivity index (χ1) is 7.26. The lowest BCUT2D eigenvalue weighted by atomic mass is 9.75. The summed E-state index contributed by atoms with van der Waals surface area (Å²) in [7, 11) is 0. The first-order valence-electron chi connectivity index (χ1n) is 6.47. The van der Waals surface area contributed by atoms with Crippen LogP contribution in [0.3, 0.4) is 0 Å². The highest BCUT2D eigenvalue weighted by Gasteiger charge is 2.41. The molecule has 1 aliphatic carbocycles. The summed E-state index contributed by atoms with van der Waals surface area (Å²) in [6, 6.07) is 0.316. The first-order valence-corrected chi connectivity index (χ1v) is 6.47. The maximum atomic E-state index is 6.27. The number of hydrogen-bond donors (Lipinski definition) is 2. The normalized spacial score (nSPS) is 30.0. The van der Waals surface area contributed by atoms with Gasteiger partial charge in [-0.1, -0.05) is 19.3 Å². The second kappa shape index (κ2) is 4.81. The number of piperazine rings is 1. The van der Waals surface area contributed by atoms with Gasteiger partial charge < -0.3 is 11.1 Å². The summed E-state index contributed by atoms with van der Waals surface area (Å²) in [5.74, 6) is 0. The molecule has 15 heavy (non-hydrogen) atoms. The maximum absolute atomic E-state index is 6.27. The van der Waals surface area contributed by atoms with Crippen LogP contribution in [0.2, 0.25) is 0 Å². The third-order valence-corrected chi connectivity index (χ3v) is 4.31. The molecule has 1 saturated carbocycles. The van der Waals surface area contributed by atoms with Crippen molar-refractivity contribution >= 4 is 0 Å². The van der Waals surface area contributed by atoms with Crippen molar-refractivity contribution in [1.82, 2.24) is 10.2 Å². The zero-order valence-corrected chi connectivity index (χ0v) is 9.97. The van der Waals surface area contributed by atoms with Gasteiger partial charge in [0.05, 0.1) is 0 Å². The Morgan fingerprint density at radius 2 is 1.73 bits per heavy atom. The number of nitrogens with zero attached hydrogens (tertiary/aromatic N) is 1. The zero-order chi connectivity index (χ0) is 10.7. The Hall–Kier alpha value is -0.120. The monoisotopic (exact) mass is 211 g/mol. The second-order valence-electron chi connectivity index (χ2n) is 5.19. The minimum atomic E-state index is 0.316. The standard InChI is InChI=1S/C12H25N3/c1-11(13)12(5-3-2-4-6-12)15-9-7-14-8-10-15/h11,14H,2-10,13H2,1H3. The molecule has 3 N–H and O–H groups in total. The van der Waals surface area contributed by atoms with Gasteiger partial charge in [-0.3, -0.25) is 4.90 Å². The van der Waals surface area contributed by atoms with Crippen molar-refractivity contribution in [1.29, 1.82) is 0 Å². The van der Waals surface area contributed by atoms with E-state index in [0.717, 1.165) is 13.1 Å². The molecule has 3 nitrogen and oxygen atoms in total. The van der Waals surface area contributed by atoms with E-state index >= 15 is 0 Å². The van der Waals surface area contributed by atoms with E-state index in [1.807, 2.05) is 0 Å². The third kappa shape index (κ3) is 2.19. The average molecular weight is 211 g/mol. The van der Waals surface area contributed by atoms with Crippen molar-refractivity contribution in [3.05, 3.63) is 0 Å². The van der Waals surface area contributed by atoms with Crippen LogP contribution in [-0.2, 0) is 0 Å². The van der Waals surface area contributed by atoms with Crippen molar-refractivity contribution in [2.24, 2.45) is 5.73 Å². The fourth-order valence-corrected chi connectivity index (χ4v) is 3.33. The topological polar surface area (TPSA) is 41.3 Å². The Kier molecular flexibility index (Phi) is 3.65. The molecule has 88 valence electrons. The molecule has 0 aromatic rings. The molecule has 3 heteroatoms. The second-order valence-corrected chi connectivity index (χ2v) is 5.19. The molecular formula is C12H25N3. The van der Waals surface area contributed by atoms with Crippen molar-refractivity contribution in [3.63, 3.8) is 0 Å². The smallest absolute Gasteiger partial charge is 0.0358 e. The average Bonchev–Trinajstić information content (AvgIpc) is 2.31. The van der Waals surface area contributed by atoms with Crippen LogP contribution in [0.5, 0.6) is 0 Å². The summed E-state index contributed by atoms with van der Waals surface area (Å²) in [6.07, 6.45) is 6.76. The van der Waals surface area contributed by atoms with Crippen LogP contribution in [0.1, 0.15) is 39.0 Å². The van der Waals surface area contributed by atoms with Gasteiger partial charge in [0.25, 0.3) is 0 Å². The summed E-state index contributed by atoms with van der Waals surface area (Å²) in [5.41, 5.74) is 6.59. The van der Waals surface area contributed by atoms with E-state index in [4.69, 9.17) is 5.73 Å². The van der Waals surface area contributed by atoms with Crippen molar-refractivity contribution < 1.29 is 0 Å². The van der Waals surface area contributed by atoms with Crippen LogP contribution in [-0.4, -0.2) is 42.7 Å². The van der Waals surface area contributed by atoms with Gasteiger partial charge in [0.1, 0.15) is 0 Å². The lowest BCUT2D eigenvalue weighted by Crippen LogP contribution is -2.63. The number of hydrogen-bond acceptors (Lipinski definition) is 3. The quantitative estimate of drug-likeness (QED) is 0.714. The van der Waals surface area contributed by atoms with Crippen LogP contribution < -0.4 is 11.1 Å². The maximum Gasteiger partial charge on any atom is 0.0358 e. The van der Waals surface area contributed by atoms with E-state index in [2.05, 4.69) is 17.1 Å². The molecule has 1 aliphatic heterocycles. The molecule has 2 fully saturated rings. The lowest BCUT2D eigenvalue weighted by molar-refractivity contribution is 0.0224. The van der Waals surface area contributed by atoms with Crippen molar-refractivity contribution in [2.75, 3.05) is 26.2 Å². The van der Waals surface area contributed by atoms with Gasteiger partial charge in [-0.05, 0) is 19.8 Å². The number of nitrogens with two attached hydrogens (primary N) is 1. The van der Waals surface area contributed by atoms with E-state index < -0.39 is 0 Å². The molecule has 1 unspecified atom stereocenters. The zero-order valence-electron chi connectivity index (χ0n) is 9.97. The summed E-state index contributed by atoms with van der Waals surface area (Å²) in [5, 5.41) is 3.43. The van der Waals surface area contributed by atoms with Crippen LogP contribution in [0, 0.1) is 0 Å². The third-order valence-electron chi connectivity index (χ3n) is 4.31. The molecule has 2 aliphatic rings. The molecule has 0 radical (unpaired) electrons. The molecule has 1 heterocycles. The lowest BCUT2D eigenvalue weighted by Gasteiger charge is -2.50. The molecule has 1 atom stereocenters. The number of nitrogens with one attached hydrogen (secondary N) is 1. The minimum absolute atomic E-state index is 0.316. The van der Waals surface area contributed by atoms with Gasteiger partial charge in [-0.15, -0.1) is 0 Å². The summed E-state index contributed by atoms with van der Waals surface area (Å²) >= 11 is 0. The molecule has 0 bridgehead atoms.